The Hall–Kier alpha value is -2.02. The number of rotatable bonds is 6. The second-order valence-electron chi connectivity index (χ2n) is 4.47. The fourth-order valence-corrected chi connectivity index (χ4v) is 1.82. The number of aryl methyl sites for hydroxylation is 1. The monoisotopic (exact) mass is 281 g/mol. The predicted molar refractivity (Wildman–Crippen MR) is 73.3 cm³/mol. The van der Waals surface area contributed by atoms with E-state index in [2.05, 4.69) is 10.3 Å². The molecule has 1 aromatic rings. The largest absolute Gasteiger partial charge is 0.465 e. The second-order valence-corrected chi connectivity index (χ2v) is 4.47. The summed E-state index contributed by atoms with van der Waals surface area (Å²) in [6.45, 7) is 7.31. The van der Waals surface area contributed by atoms with Gasteiger partial charge in [0.2, 0.25) is 0 Å². The molecular formula is C13H19N3O4. The lowest BCUT2D eigenvalue weighted by Gasteiger charge is -2.13. The van der Waals surface area contributed by atoms with Gasteiger partial charge in [-0.15, -0.1) is 0 Å². The van der Waals surface area contributed by atoms with Crippen LogP contribution in [0.1, 0.15) is 30.7 Å². The summed E-state index contributed by atoms with van der Waals surface area (Å²) in [7, 11) is 0. The molecule has 0 aliphatic carbocycles. The van der Waals surface area contributed by atoms with Crippen LogP contribution in [0.15, 0.2) is 6.20 Å². The maximum absolute atomic E-state index is 11.5. The Morgan fingerprint density at radius 2 is 2.20 bits per heavy atom. The first kappa shape index (κ1) is 16.0. The lowest BCUT2D eigenvalue weighted by atomic mass is 10.1. The molecule has 1 unspecified atom stereocenters. The van der Waals surface area contributed by atoms with Gasteiger partial charge in [-0.2, -0.15) is 0 Å². The topological polar surface area (TPSA) is 94.4 Å². The normalized spacial score (nSPS) is 12.0. The summed E-state index contributed by atoms with van der Waals surface area (Å²) in [5.74, 6) is -0.355. The predicted octanol–water partition coefficient (Wildman–Crippen LogP) is 1.65. The molecule has 0 aliphatic heterocycles. The van der Waals surface area contributed by atoms with Gasteiger partial charge in [-0.25, -0.2) is 0 Å². The minimum Gasteiger partial charge on any atom is -0.465 e. The number of nitrogens with zero attached hydrogens (tertiary/aromatic N) is 2. The van der Waals surface area contributed by atoms with Gasteiger partial charge in [0, 0.05) is 23.9 Å². The number of hydrogen-bond acceptors (Lipinski definition) is 6. The van der Waals surface area contributed by atoms with Crippen LogP contribution in [-0.4, -0.2) is 28.5 Å². The van der Waals surface area contributed by atoms with E-state index < -0.39 is 11.0 Å². The molecule has 0 radical (unpaired) electrons. The van der Waals surface area contributed by atoms with E-state index in [1.54, 1.807) is 27.7 Å². The molecule has 0 fully saturated rings. The van der Waals surface area contributed by atoms with Gasteiger partial charge in [0.25, 0.3) is 5.69 Å². The number of nitro groups is 1. The third-order valence-corrected chi connectivity index (χ3v) is 2.97. The lowest BCUT2D eigenvalue weighted by Crippen LogP contribution is -2.35. The van der Waals surface area contributed by atoms with Gasteiger partial charge in [-0.1, -0.05) is 0 Å². The van der Waals surface area contributed by atoms with E-state index in [1.807, 2.05) is 0 Å². The Labute approximate surface area is 117 Å². The number of hydrogen-bond donors (Lipinski definition) is 1. The molecular weight excluding hydrogens is 262 g/mol. The molecule has 1 rings (SSSR count). The molecule has 1 N–H and O–H groups in total. The Kier molecular flexibility index (Phi) is 5.57. The molecule has 0 aliphatic rings. The van der Waals surface area contributed by atoms with E-state index in [0.717, 1.165) is 0 Å². The Morgan fingerprint density at radius 3 is 2.75 bits per heavy atom. The van der Waals surface area contributed by atoms with Crippen molar-refractivity contribution < 1.29 is 14.5 Å². The summed E-state index contributed by atoms with van der Waals surface area (Å²) in [5.41, 5.74) is 1.66. The summed E-state index contributed by atoms with van der Waals surface area (Å²) in [6, 6.07) is -0.489. The quantitative estimate of drug-likeness (QED) is 0.484. The Balaban J connectivity index is 2.82. The van der Waals surface area contributed by atoms with Gasteiger partial charge < -0.3 is 4.74 Å². The SMILES string of the molecule is CCOC(=O)C(C)NCc1ncc(C)c([N+](=O)[O-])c1C. The first-order valence-corrected chi connectivity index (χ1v) is 6.38. The van der Waals surface area contributed by atoms with Crippen LogP contribution in [-0.2, 0) is 16.1 Å². The molecule has 1 atom stereocenters. The van der Waals surface area contributed by atoms with Crippen LogP contribution in [0.5, 0.6) is 0 Å². The van der Waals surface area contributed by atoms with Crippen LogP contribution < -0.4 is 5.32 Å². The molecule has 7 nitrogen and oxygen atoms in total. The zero-order chi connectivity index (χ0) is 15.3. The molecule has 7 heteroatoms. The highest BCUT2D eigenvalue weighted by atomic mass is 16.6. The van der Waals surface area contributed by atoms with Gasteiger partial charge in [0.1, 0.15) is 6.04 Å². The van der Waals surface area contributed by atoms with Crippen molar-refractivity contribution in [1.29, 1.82) is 0 Å². The summed E-state index contributed by atoms with van der Waals surface area (Å²) < 4.78 is 4.87. The zero-order valence-corrected chi connectivity index (χ0v) is 12.1. The number of aromatic nitrogens is 1. The van der Waals surface area contributed by atoms with E-state index in [0.29, 0.717) is 23.4 Å². The summed E-state index contributed by atoms with van der Waals surface area (Å²) in [4.78, 5) is 26.2. The van der Waals surface area contributed by atoms with E-state index in [4.69, 9.17) is 4.74 Å². The van der Waals surface area contributed by atoms with Crippen LogP contribution in [0.4, 0.5) is 5.69 Å². The van der Waals surface area contributed by atoms with Gasteiger partial charge in [-0.05, 0) is 27.7 Å². The van der Waals surface area contributed by atoms with Gasteiger partial charge in [0.15, 0.2) is 0 Å². The molecule has 0 bridgehead atoms. The maximum atomic E-state index is 11.5. The molecule has 0 aromatic carbocycles. The molecule has 20 heavy (non-hydrogen) atoms. The third-order valence-electron chi connectivity index (χ3n) is 2.97. The minimum atomic E-state index is -0.489. The molecule has 1 aromatic heterocycles. The van der Waals surface area contributed by atoms with E-state index in [1.165, 1.54) is 6.20 Å². The molecule has 110 valence electrons. The van der Waals surface area contributed by atoms with Crippen LogP contribution in [0, 0.1) is 24.0 Å². The highest BCUT2D eigenvalue weighted by Gasteiger charge is 2.20. The summed E-state index contributed by atoms with van der Waals surface area (Å²) >= 11 is 0. The highest BCUT2D eigenvalue weighted by molar-refractivity contribution is 5.75. The molecule has 0 saturated heterocycles. The lowest BCUT2D eigenvalue weighted by molar-refractivity contribution is -0.386. The molecule has 1 heterocycles. The van der Waals surface area contributed by atoms with Crippen LogP contribution in [0.2, 0.25) is 0 Å². The van der Waals surface area contributed by atoms with Crippen molar-refractivity contribution in [1.82, 2.24) is 10.3 Å². The van der Waals surface area contributed by atoms with E-state index in [9.17, 15) is 14.9 Å². The highest BCUT2D eigenvalue weighted by Crippen LogP contribution is 2.23. The first-order chi connectivity index (χ1) is 9.38. The zero-order valence-electron chi connectivity index (χ0n) is 12.1. The second kappa shape index (κ2) is 6.95. The van der Waals surface area contributed by atoms with Crippen molar-refractivity contribution >= 4 is 11.7 Å². The smallest absolute Gasteiger partial charge is 0.322 e. The number of ether oxygens (including phenoxy) is 1. The summed E-state index contributed by atoms with van der Waals surface area (Å²) in [5, 5.41) is 14.0. The van der Waals surface area contributed by atoms with Crippen molar-refractivity contribution in [3.05, 3.63) is 33.1 Å². The van der Waals surface area contributed by atoms with Crippen molar-refractivity contribution in [2.24, 2.45) is 0 Å². The fraction of sp³-hybridized carbons (Fsp3) is 0.538. The first-order valence-electron chi connectivity index (χ1n) is 6.38. The average Bonchev–Trinajstić information content (AvgIpc) is 2.37. The average molecular weight is 281 g/mol. The van der Waals surface area contributed by atoms with Crippen LogP contribution >= 0.6 is 0 Å². The number of carbonyl (C=O) groups is 1. The standard InChI is InChI=1S/C13H19N3O4/c1-5-20-13(17)10(4)14-7-11-9(3)12(16(18)19)8(2)6-15-11/h6,10,14H,5,7H2,1-4H3. The van der Waals surface area contributed by atoms with Crippen LogP contribution in [0.25, 0.3) is 0 Å². The number of pyridine rings is 1. The van der Waals surface area contributed by atoms with E-state index >= 15 is 0 Å². The summed E-state index contributed by atoms with van der Waals surface area (Å²) in [6.07, 6.45) is 1.47. The van der Waals surface area contributed by atoms with Crippen molar-refractivity contribution in [3.8, 4) is 0 Å². The number of esters is 1. The Morgan fingerprint density at radius 1 is 1.55 bits per heavy atom. The van der Waals surface area contributed by atoms with Crippen molar-refractivity contribution in [2.45, 2.75) is 40.3 Å². The van der Waals surface area contributed by atoms with E-state index in [-0.39, 0.29) is 18.2 Å². The van der Waals surface area contributed by atoms with Gasteiger partial charge >= 0.3 is 5.97 Å². The fourth-order valence-electron chi connectivity index (χ4n) is 1.82. The van der Waals surface area contributed by atoms with Crippen molar-refractivity contribution in [3.63, 3.8) is 0 Å². The third kappa shape index (κ3) is 3.74. The maximum Gasteiger partial charge on any atom is 0.322 e. The van der Waals surface area contributed by atoms with Crippen molar-refractivity contribution in [2.75, 3.05) is 6.61 Å². The Bertz CT molecular complexity index is 517. The molecule has 0 saturated carbocycles. The number of carbonyl (C=O) groups excluding carboxylic acids is 1. The number of nitrogens with one attached hydrogen (secondary N) is 1. The molecule has 0 spiro atoms. The minimum absolute atomic E-state index is 0.0700. The van der Waals surface area contributed by atoms with Gasteiger partial charge in [0.05, 0.1) is 17.2 Å². The van der Waals surface area contributed by atoms with Crippen LogP contribution in [0.3, 0.4) is 0 Å². The molecule has 0 amide bonds. The van der Waals surface area contributed by atoms with Gasteiger partial charge in [-0.3, -0.25) is 25.2 Å².